The third-order valence-corrected chi connectivity index (χ3v) is 5.53. The van der Waals surface area contributed by atoms with Gasteiger partial charge in [-0.3, -0.25) is 14.9 Å². The number of imide groups is 1. The van der Waals surface area contributed by atoms with Gasteiger partial charge in [0.25, 0.3) is 0 Å². The average Bonchev–Trinajstić information content (AvgIpc) is 3.02. The third kappa shape index (κ3) is 4.62. The molecule has 1 saturated heterocycles. The second kappa shape index (κ2) is 9.43. The van der Waals surface area contributed by atoms with Crippen LogP contribution in [0.1, 0.15) is 16.8 Å². The molecule has 1 atom stereocenters. The molecule has 2 amide bonds. The van der Waals surface area contributed by atoms with Crippen LogP contribution in [0.15, 0.2) is 53.5 Å². The summed E-state index contributed by atoms with van der Waals surface area (Å²) in [6, 6.07) is 12.8. The largest absolute Gasteiger partial charge is 0.465 e. The molecule has 152 valence electrons. The lowest BCUT2D eigenvalue weighted by atomic mass is 10.2. The van der Waals surface area contributed by atoms with Crippen LogP contribution in [0.3, 0.4) is 0 Å². The summed E-state index contributed by atoms with van der Waals surface area (Å²) in [6.07, 6.45) is 1.72. The van der Waals surface area contributed by atoms with Crippen molar-refractivity contribution >= 4 is 57.7 Å². The minimum Gasteiger partial charge on any atom is -0.465 e. The molecule has 8 nitrogen and oxygen atoms in total. The summed E-state index contributed by atoms with van der Waals surface area (Å²) >= 11 is 7.07. The Labute approximate surface area is 181 Å². The van der Waals surface area contributed by atoms with Crippen molar-refractivity contribution in [2.24, 2.45) is 4.99 Å². The number of carbonyl (C=O) groups is 3. The van der Waals surface area contributed by atoms with Crippen molar-refractivity contribution < 1.29 is 19.1 Å². The van der Waals surface area contributed by atoms with Crippen molar-refractivity contribution in [2.45, 2.75) is 11.7 Å². The number of anilines is 1. The minimum atomic E-state index is -0.764. The normalized spacial score (nSPS) is 16.4. The van der Waals surface area contributed by atoms with Gasteiger partial charge in [0.05, 0.1) is 29.1 Å². The molecule has 0 spiro atoms. The van der Waals surface area contributed by atoms with Gasteiger partial charge in [0.1, 0.15) is 5.25 Å². The van der Waals surface area contributed by atoms with E-state index >= 15 is 0 Å². The fourth-order valence-corrected chi connectivity index (χ4v) is 3.89. The van der Waals surface area contributed by atoms with Crippen molar-refractivity contribution in [3.05, 3.63) is 59.1 Å². The Morgan fingerprint density at radius 3 is 2.60 bits per heavy atom. The van der Waals surface area contributed by atoms with Crippen molar-refractivity contribution in [3.8, 4) is 6.19 Å². The minimum absolute atomic E-state index is 0.0586. The molecule has 0 unspecified atom stereocenters. The lowest BCUT2D eigenvalue weighted by molar-refractivity contribution is -0.121. The zero-order valence-corrected chi connectivity index (χ0v) is 17.2. The predicted octanol–water partition coefficient (Wildman–Crippen LogP) is 3.25. The van der Waals surface area contributed by atoms with E-state index in [9.17, 15) is 14.4 Å². The molecule has 1 aliphatic heterocycles. The number of aliphatic imine (C=N–C) groups is 1. The number of hydrogen-bond donors (Lipinski definition) is 1. The number of hydrogen-bond acceptors (Lipinski definition) is 7. The van der Waals surface area contributed by atoms with E-state index in [1.165, 1.54) is 31.4 Å². The van der Waals surface area contributed by atoms with Crippen LogP contribution in [-0.4, -0.2) is 35.3 Å². The highest BCUT2D eigenvalue weighted by molar-refractivity contribution is 8.15. The number of para-hydroxylation sites is 1. The first kappa shape index (κ1) is 21.4. The summed E-state index contributed by atoms with van der Waals surface area (Å²) in [5.74, 6) is -1.35. The Kier molecular flexibility index (Phi) is 6.72. The number of ether oxygens (including phenoxy) is 1. The lowest BCUT2D eigenvalue weighted by Gasteiger charge is -2.15. The van der Waals surface area contributed by atoms with E-state index in [1.807, 2.05) is 0 Å². The van der Waals surface area contributed by atoms with Gasteiger partial charge in [0, 0.05) is 6.42 Å². The molecule has 1 N–H and O–H groups in total. The number of thioether (sulfide) groups is 1. The number of methoxy groups -OCH3 is 1. The molecule has 2 aromatic carbocycles. The number of rotatable bonds is 4. The third-order valence-electron chi connectivity index (χ3n) is 4.14. The van der Waals surface area contributed by atoms with E-state index in [0.717, 1.165) is 16.7 Å². The van der Waals surface area contributed by atoms with E-state index in [-0.39, 0.29) is 11.6 Å². The quantitative estimate of drug-likeness (QED) is 0.193. The number of amides is 2. The van der Waals surface area contributed by atoms with E-state index < -0.39 is 23.0 Å². The number of nitriles is 1. The van der Waals surface area contributed by atoms with E-state index in [4.69, 9.17) is 16.9 Å². The van der Waals surface area contributed by atoms with Crippen LogP contribution in [0.5, 0.6) is 0 Å². The summed E-state index contributed by atoms with van der Waals surface area (Å²) in [7, 11) is 1.27. The molecular formula is C20H15ClN4O4S. The standard InChI is InChI=1S/C20H15ClN4O4S/c1-29-19(28)12-6-8-13(9-7-12)25-17(26)10-16(18(25)27)30-20(23-11-22)24-15-5-3-2-4-14(15)21/h2-9,16H,10H2,1H3,(H,23,24)/t16-/m1/s1. The van der Waals surface area contributed by atoms with Gasteiger partial charge in [-0.25, -0.2) is 14.7 Å². The van der Waals surface area contributed by atoms with Crippen molar-refractivity contribution in [3.63, 3.8) is 0 Å². The Bertz CT molecular complexity index is 1070. The first-order valence-electron chi connectivity index (χ1n) is 8.64. The van der Waals surface area contributed by atoms with Crippen LogP contribution < -0.4 is 10.2 Å². The monoisotopic (exact) mass is 442 g/mol. The van der Waals surface area contributed by atoms with Gasteiger partial charge in [-0.15, -0.1) is 0 Å². The average molecular weight is 443 g/mol. The summed E-state index contributed by atoms with van der Waals surface area (Å²) in [4.78, 5) is 42.2. The molecule has 1 heterocycles. The number of benzene rings is 2. The zero-order valence-electron chi connectivity index (χ0n) is 15.7. The smallest absolute Gasteiger partial charge is 0.337 e. The molecule has 3 rings (SSSR count). The second-order valence-corrected chi connectivity index (χ2v) is 7.62. The highest BCUT2D eigenvalue weighted by atomic mass is 35.5. The van der Waals surface area contributed by atoms with Gasteiger partial charge in [0.2, 0.25) is 11.8 Å². The van der Waals surface area contributed by atoms with Crippen LogP contribution in [0, 0.1) is 11.5 Å². The number of nitrogens with zero attached hydrogens (tertiary/aromatic N) is 3. The fourth-order valence-electron chi connectivity index (χ4n) is 2.75. The zero-order chi connectivity index (χ0) is 21.7. The first-order valence-corrected chi connectivity index (χ1v) is 9.90. The topological polar surface area (TPSA) is 112 Å². The molecule has 1 fully saturated rings. The summed E-state index contributed by atoms with van der Waals surface area (Å²) in [5.41, 5.74) is 1.08. The van der Waals surface area contributed by atoms with Gasteiger partial charge in [-0.2, -0.15) is 5.26 Å². The summed E-state index contributed by atoms with van der Waals surface area (Å²) < 4.78 is 4.64. The molecule has 0 bridgehead atoms. The SMILES string of the molecule is COC(=O)c1ccc(N2C(=O)C[C@@H](SC(=Nc3ccccc3Cl)NC#N)C2=O)cc1. The molecule has 0 aliphatic carbocycles. The Morgan fingerprint density at radius 2 is 1.97 bits per heavy atom. The molecule has 1 aliphatic rings. The second-order valence-electron chi connectivity index (χ2n) is 6.02. The predicted molar refractivity (Wildman–Crippen MR) is 114 cm³/mol. The maximum Gasteiger partial charge on any atom is 0.337 e. The van der Waals surface area contributed by atoms with E-state index in [0.29, 0.717) is 22.0 Å². The van der Waals surface area contributed by atoms with E-state index in [2.05, 4.69) is 15.0 Å². The van der Waals surface area contributed by atoms with Crippen LogP contribution in [0.4, 0.5) is 11.4 Å². The number of esters is 1. The Hall–Kier alpha value is -3.35. The van der Waals surface area contributed by atoms with Gasteiger partial charge >= 0.3 is 5.97 Å². The first-order chi connectivity index (χ1) is 14.4. The van der Waals surface area contributed by atoms with Gasteiger partial charge in [-0.05, 0) is 36.4 Å². The van der Waals surface area contributed by atoms with Gasteiger partial charge in [0.15, 0.2) is 11.4 Å². The highest BCUT2D eigenvalue weighted by Gasteiger charge is 2.41. The van der Waals surface area contributed by atoms with Crippen molar-refractivity contribution in [1.29, 1.82) is 5.26 Å². The molecule has 2 aromatic rings. The molecule has 30 heavy (non-hydrogen) atoms. The molecule has 10 heteroatoms. The molecule has 0 aromatic heterocycles. The molecular weight excluding hydrogens is 428 g/mol. The van der Waals surface area contributed by atoms with Gasteiger partial charge in [-0.1, -0.05) is 35.5 Å². The van der Waals surface area contributed by atoms with Crippen molar-refractivity contribution in [1.82, 2.24) is 5.32 Å². The van der Waals surface area contributed by atoms with Crippen LogP contribution in [-0.2, 0) is 14.3 Å². The van der Waals surface area contributed by atoms with Crippen LogP contribution in [0.2, 0.25) is 5.02 Å². The summed E-state index contributed by atoms with van der Waals surface area (Å²) in [5, 5.41) is 11.2. The number of carbonyl (C=O) groups excluding carboxylic acids is 3. The molecule has 0 saturated carbocycles. The number of halogens is 1. The highest BCUT2D eigenvalue weighted by Crippen LogP contribution is 2.32. The maximum atomic E-state index is 12.9. The Balaban J connectivity index is 1.80. The Morgan fingerprint density at radius 1 is 1.27 bits per heavy atom. The molecule has 0 radical (unpaired) electrons. The lowest BCUT2D eigenvalue weighted by Crippen LogP contribution is -2.32. The van der Waals surface area contributed by atoms with Crippen LogP contribution >= 0.6 is 23.4 Å². The van der Waals surface area contributed by atoms with E-state index in [1.54, 1.807) is 30.5 Å². The summed E-state index contributed by atoms with van der Waals surface area (Å²) in [6.45, 7) is 0. The maximum absolute atomic E-state index is 12.9. The van der Waals surface area contributed by atoms with Gasteiger partial charge < -0.3 is 4.74 Å². The number of nitrogens with one attached hydrogen (secondary N) is 1. The number of amidine groups is 1. The fraction of sp³-hybridized carbons (Fsp3) is 0.150. The van der Waals surface area contributed by atoms with Crippen molar-refractivity contribution in [2.75, 3.05) is 12.0 Å². The van der Waals surface area contributed by atoms with Crippen LogP contribution in [0.25, 0.3) is 0 Å².